The van der Waals surface area contributed by atoms with E-state index in [9.17, 15) is 4.79 Å². The average Bonchev–Trinajstić information content (AvgIpc) is 2.78. The fourth-order valence-corrected chi connectivity index (χ4v) is 1.82. The zero-order valence-corrected chi connectivity index (χ0v) is 10.00. The van der Waals surface area contributed by atoms with Gasteiger partial charge in [-0.2, -0.15) is 0 Å². The lowest BCUT2D eigenvalue weighted by Crippen LogP contribution is -2.41. The zero-order chi connectivity index (χ0) is 11.8. The van der Waals surface area contributed by atoms with Crippen LogP contribution in [-0.2, 0) is 9.53 Å². The maximum atomic E-state index is 11.5. The van der Waals surface area contributed by atoms with Gasteiger partial charge in [-0.1, -0.05) is 11.6 Å². The van der Waals surface area contributed by atoms with E-state index in [4.69, 9.17) is 10.5 Å². The molecule has 1 amide bonds. The van der Waals surface area contributed by atoms with E-state index < -0.39 is 6.04 Å². The Bertz CT molecular complexity index is 251. The summed E-state index contributed by atoms with van der Waals surface area (Å²) < 4.78 is 4.88. The smallest absolute Gasteiger partial charge is 0.237 e. The molecule has 0 bridgehead atoms. The van der Waals surface area contributed by atoms with E-state index in [1.165, 1.54) is 24.8 Å². The van der Waals surface area contributed by atoms with Crippen LogP contribution in [0.15, 0.2) is 11.6 Å². The predicted molar refractivity (Wildman–Crippen MR) is 64.0 cm³/mol. The molecule has 16 heavy (non-hydrogen) atoms. The van der Waals surface area contributed by atoms with E-state index in [-0.39, 0.29) is 5.91 Å². The van der Waals surface area contributed by atoms with Crippen molar-refractivity contribution in [3.05, 3.63) is 11.6 Å². The quantitative estimate of drug-likeness (QED) is 0.636. The van der Waals surface area contributed by atoms with Crippen molar-refractivity contribution in [1.29, 1.82) is 0 Å². The molecular formula is C12H22N2O2. The Morgan fingerprint density at radius 2 is 2.50 bits per heavy atom. The van der Waals surface area contributed by atoms with Gasteiger partial charge >= 0.3 is 0 Å². The maximum absolute atomic E-state index is 11.5. The van der Waals surface area contributed by atoms with Crippen molar-refractivity contribution in [2.45, 2.75) is 38.1 Å². The molecule has 0 aromatic rings. The third-order valence-corrected chi connectivity index (χ3v) is 2.85. The number of methoxy groups -OCH3 is 1. The van der Waals surface area contributed by atoms with Gasteiger partial charge in [0.15, 0.2) is 0 Å². The van der Waals surface area contributed by atoms with Gasteiger partial charge in [-0.05, 0) is 32.1 Å². The summed E-state index contributed by atoms with van der Waals surface area (Å²) in [6, 6.07) is -0.447. The first kappa shape index (κ1) is 13.2. The molecule has 1 aliphatic rings. The standard InChI is InChI=1S/C12H22N2O2/c1-16-9-7-11(13)12(15)14-8-6-10-4-2-3-5-10/h4,11H,2-3,5-9,13H2,1H3,(H,14,15). The summed E-state index contributed by atoms with van der Waals surface area (Å²) >= 11 is 0. The van der Waals surface area contributed by atoms with Crippen molar-refractivity contribution in [2.24, 2.45) is 5.73 Å². The second-order valence-electron chi connectivity index (χ2n) is 4.18. The molecule has 0 fully saturated rings. The zero-order valence-electron chi connectivity index (χ0n) is 10.00. The highest BCUT2D eigenvalue weighted by molar-refractivity contribution is 5.81. The summed E-state index contributed by atoms with van der Waals surface area (Å²) in [4.78, 5) is 11.5. The fraction of sp³-hybridized carbons (Fsp3) is 0.750. The van der Waals surface area contributed by atoms with E-state index in [1.807, 2.05) is 0 Å². The molecule has 1 atom stereocenters. The van der Waals surface area contributed by atoms with E-state index >= 15 is 0 Å². The first-order valence-corrected chi connectivity index (χ1v) is 5.94. The molecule has 0 radical (unpaired) electrons. The third kappa shape index (κ3) is 4.77. The van der Waals surface area contributed by atoms with Crippen molar-refractivity contribution in [3.63, 3.8) is 0 Å². The predicted octanol–water partition coefficient (Wildman–Crippen LogP) is 0.967. The monoisotopic (exact) mass is 226 g/mol. The second kappa shape index (κ2) is 7.41. The van der Waals surface area contributed by atoms with E-state index in [2.05, 4.69) is 11.4 Å². The number of carbonyl (C=O) groups is 1. The van der Waals surface area contributed by atoms with E-state index in [1.54, 1.807) is 7.11 Å². The molecule has 0 aliphatic heterocycles. The summed E-state index contributed by atoms with van der Waals surface area (Å²) in [5.41, 5.74) is 7.15. The van der Waals surface area contributed by atoms with Gasteiger partial charge in [0.05, 0.1) is 6.04 Å². The van der Waals surface area contributed by atoms with Crippen molar-refractivity contribution in [1.82, 2.24) is 5.32 Å². The van der Waals surface area contributed by atoms with Crippen LogP contribution in [0.2, 0.25) is 0 Å². The van der Waals surface area contributed by atoms with Crippen LogP contribution >= 0.6 is 0 Å². The van der Waals surface area contributed by atoms with Crippen LogP contribution in [0, 0.1) is 0 Å². The Balaban J connectivity index is 2.09. The van der Waals surface area contributed by atoms with Crippen LogP contribution in [0.1, 0.15) is 32.1 Å². The molecule has 0 spiro atoms. The number of carbonyl (C=O) groups excluding carboxylic acids is 1. The largest absolute Gasteiger partial charge is 0.385 e. The highest BCUT2D eigenvalue weighted by Gasteiger charge is 2.12. The van der Waals surface area contributed by atoms with Gasteiger partial charge < -0.3 is 15.8 Å². The summed E-state index contributed by atoms with van der Waals surface area (Å²) in [6.45, 7) is 1.23. The molecule has 1 unspecified atom stereocenters. The van der Waals surface area contributed by atoms with Crippen LogP contribution in [0.4, 0.5) is 0 Å². The van der Waals surface area contributed by atoms with Gasteiger partial charge in [0, 0.05) is 20.3 Å². The van der Waals surface area contributed by atoms with Gasteiger partial charge in [-0.25, -0.2) is 0 Å². The SMILES string of the molecule is COCCC(N)C(=O)NCCC1=CCCC1. The molecule has 0 aromatic heterocycles. The topological polar surface area (TPSA) is 64.3 Å². The summed E-state index contributed by atoms with van der Waals surface area (Å²) in [5, 5.41) is 2.86. The first-order chi connectivity index (χ1) is 7.74. The van der Waals surface area contributed by atoms with Crippen LogP contribution in [0.5, 0.6) is 0 Å². The van der Waals surface area contributed by atoms with Gasteiger partial charge in [0.2, 0.25) is 5.91 Å². The molecule has 92 valence electrons. The third-order valence-electron chi connectivity index (χ3n) is 2.85. The Labute approximate surface area is 97.2 Å². The first-order valence-electron chi connectivity index (χ1n) is 5.94. The molecule has 1 aliphatic carbocycles. The Morgan fingerprint density at radius 3 is 3.12 bits per heavy atom. The highest BCUT2D eigenvalue weighted by atomic mass is 16.5. The van der Waals surface area contributed by atoms with Crippen molar-refractivity contribution < 1.29 is 9.53 Å². The lowest BCUT2D eigenvalue weighted by Gasteiger charge is -2.11. The minimum atomic E-state index is -0.447. The summed E-state index contributed by atoms with van der Waals surface area (Å²) in [7, 11) is 1.61. The normalized spacial score (nSPS) is 17.0. The molecule has 4 heteroatoms. The lowest BCUT2D eigenvalue weighted by molar-refractivity contribution is -0.122. The minimum absolute atomic E-state index is 0.0735. The number of nitrogens with one attached hydrogen (secondary N) is 1. The number of allylic oxidation sites excluding steroid dienone is 1. The lowest BCUT2D eigenvalue weighted by atomic mass is 10.1. The Morgan fingerprint density at radius 1 is 1.69 bits per heavy atom. The van der Waals surface area contributed by atoms with Crippen LogP contribution in [-0.4, -0.2) is 32.2 Å². The average molecular weight is 226 g/mol. The van der Waals surface area contributed by atoms with Gasteiger partial charge in [0.25, 0.3) is 0 Å². The van der Waals surface area contributed by atoms with Crippen molar-refractivity contribution in [3.8, 4) is 0 Å². The number of amides is 1. The number of nitrogens with two attached hydrogens (primary N) is 1. The second-order valence-corrected chi connectivity index (χ2v) is 4.18. The molecule has 1 rings (SSSR count). The number of hydrogen-bond donors (Lipinski definition) is 2. The molecule has 0 saturated heterocycles. The molecule has 3 N–H and O–H groups in total. The number of hydrogen-bond acceptors (Lipinski definition) is 3. The molecule has 0 heterocycles. The molecule has 4 nitrogen and oxygen atoms in total. The van der Waals surface area contributed by atoms with Crippen molar-refractivity contribution in [2.75, 3.05) is 20.3 Å². The van der Waals surface area contributed by atoms with Crippen LogP contribution in [0.3, 0.4) is 0 Å². The molecule has 0 aromatic carbocycles. The Hall–Kier alpha value is -0.870. The van der Waals surface area contributed by atoms with Crippen LogP contribution < -0.4 is 11.1 Å². The van der Waals surface area contributed by atoms with Gasteiger partial charge in [-0.15, -0.1) is 0 Å². The van der Waals surface area contributed by atoms with E-state index in [0.29, 0.717) is 19.6 Å². The Kier molecular flexibility index (Phi) is 6.11. The summed E-state index contributed by atoms with van der Waals surface area (Å²) in [6.07, 6.45) is 7.45. The highest BCUT2D eigenvalue weighted by Crippen LogP contribution is 2.19. The maximum Gasteiger partial charge on any atom is 0.237 e. The minimum Gasteiger partial charge on any atom is -0.385 e. The number of rotatable bonds is 7. The van der Waals surface area contributed by atoms with Crippen LogP contribution in [0.25, 0.3) is 0 Å². The van der Waals surface area contributed by atoms with Gasteiger partial charge in [0.1, 0.15) is 0 Å². The molecule has 0 saturated carbocycles. The summed E-state index contributed by atoms with van der Waals surface area (Å²) in [5.74, 6) is -0.0735. The molecular weight excluding hydrogens is 204 g/mol. The number of ether oxygens (including phenoxy) is 1. The van der Waals surface area contributed by atoms with Crippen molar-refractivity contribution >= 4 is 5.91 Å². The fourth-order valence-electron chi connectivity index (χ4n) is 1.82. The van der Waals surface area contributed by atoms with Gasteiger partial charge in [-0.3, -0.25) is 4.79 Å². The van der Waals surface area contributed by atoms with E-state index in [0.717, 1.165) is 6.42 Å².